The third kappa shape index (κ3) is 3.35. The number of anilines is 1. The Morgan fingerprint density at radius 3 is 2.73 bits per heavy atom. The van der Waals surface area contributed by atoms with E-state index in [0.717, 1.165) is 40.8 Å². The van der Waals surface area contributed by atoms with Crippen LogP contribution in [0, 0.1) is 0 Å². The lowest BCUT2D eigenvalue weighted by Gasteiger charge is -2.43. The lowest BCUT2D eigenvalue weighted by molar-refractivity contribution is -0.101. The van der Waals surface area contributed by atoms with Gasteiger partial charge in [0.2, 0.25) is 0 Å². The second-order valence-corrected chi connectivity index (χ2v) is 9.23. The van der Waals surface area contributed by atoms with E-state index in [1.807, 2.05) is 24.4 Å². The third-order valence-corrected chi connectivity index (χ3v) is 7.05. The second-order valence-electron chi connectivity index (χ2n) is 9.23. The van der Waals surface area contributed by atoms with Crippen molar-refractivity contribution in [1.29, 1.82) is 0 Å². The first-order chi connectivity index (χ1) is 16.0. The van der Waals surface area contributed by atoms with Crippen LogP contribution >= 0.6 is 0 Å². The van der Waals surface area contributed by atoms with E-state index in [-0.39, 0.29) is 18.8 Å². The summed E-state index contributed by atoms with van der Waals surface area (Å²) in [4.78, 5) is 8.73. The van der Waals surface area contributed by atoms with Gasteiger partial charge in [0.15, 0.2) is 0 Å². The van der Waals surface area contributed by atoms with Gasteiger partial charge in [-0.3, -0.25) is 0 Å². The van der Waals surface area contributed by atoms with E-state index >= 15 is 0 Å². The van der Waals surface area contributed by atoms with Crippen molar-refractivity contribution in [2.75, 3.05) is 12.3 Å². The molecule has 1 fully saturated rings. The number of aliphatic hydroxyl groups is 2. The number of nitrogens with zero attached hydrogens (tertiary/aromatic N) is 3. The maximum absolute atomic E-state index is 10.3. The topological polar surface area (TPSA) is 106 Å². The molecule has 0 bridgehead atoms. The average Bonchev–Trinajstić information content (AvgIpc) is 3.22. The van der Waals surface area contributed by atoms with E-state index in [4.69, 9.17) is 10.5 Å². The Bertz CT molecular complexity index is 1330. The van der Waals surface area contributed by atoms with Gasteiger partial charge < -0.3 is 25.3 Å². The van der Waals surface area contributed by atoms with Crippen LogP contribution in [-0.4, -0.2) is 37.0 Å². The fourth-order valence-corrected chi connectivity index (χ4v) is 5.19. The molecule has 4 N–H and O–H groups in total. The van der Waals surface area contributed by atoms with Crippen LogP contribution in [-0.2, 0) is 6.42 Å². The summed E-state index contributed by atoms with van der Waals surface area (Å²) < 4.78 is 8.48. The van der Waals surface area contributed by atoms with Gasteiger partial charge in [0.25, 0.3) is 0 Å². The summed E-state index contributed by atoms with van der Waals surface area (Å²) in [5.74, 6) is 1.31. The highest BCUT2D eigenvalue weighted by atomic mass is 16.5. The van der Waals surface area contributed by atoms with Crippen molar-refractivity contribution in [2.24, 2.45) is 0 Å². The van der Waals surface area contributed by atoms with Gasteiger partial charge in [-0.15, -0.1) is 0 Å². The minimum absolute atomic E-state index is 0.0369. The smallest absolute Gasteiger partial charge is 0.146 e. The van der Waals surface area contributed by atoms with Crippen LogP contribution in [0.4, 0.5) is 5.82 Å². The largest absolute Gasteiger partial charge is 0.485 e. The van der Waals surface area contributed by atoms with Gasteiger partial charge in [-0.1, -0.05) is 42.5 Å². The summed E-state index contributed by atoms with van der Waals surface area (Å²) in [6, 6.07) is 16.7. The predicted molar refractivity (Wildman–Crippen MR) is 126 cm³/mol. The molecule has 3 heterocycles. The summed E-state index contributed by atoms with van der Waals surface area (Å²) in [6.07, 6.45) is 6.41. The molecule has 168 valence electrons. The summed E-state index contributed by atoms with van der Waals surface area (Å²) >= 11 is 0. The Hall–Kier alpha value is -3.42. The molecule has 2 aromatic heterocycles. The predicted octanol–water partition coefficient (Wildman–Crippen LogP) is 3.81. The Kier molecular flexibility index (Phi) is 4.64. The Morgan fingerprint density at radius 1 is 1.12 bits per heavy atom. The fraction of sp³-hybridized carbons (Fsp3) is 0.308. The SMILES string of the molecule is Nc1ncnc2c1c(-c1ccc3c(c1)O[C@@H](c1ccccc1)CC3)cn2C1CC(O)(CO)C1. The van der Waals surface area contributed by atoms with Crippen LogP contribution < -0.4 is 10.5 Å². The minimum atomic E-state index is -1.02. The first-order valence-corrected chi connectivity index (χ1v) is 11.3. The standard InChI is InChI=1S/C26H26N4O3/c27-24-23-20(13-30(25(23)29-15-28-24)19-11-26(32,12-19)14-31)18-7-6-17-8-9-21(33-22(17)10-18)16-4-2-1-3-5-16/h1-7,10,13,15,19,21,31-32H,8-9,11-12,14H2,(H2,27,28,29)/t19?,21-,26?/m1/s1. The van der Waals surface area contributed by atoms with Gasteiger partial charge in [-0.05, 0) is 48.4 Å². The van der Waals surface area contributed by atoms with E-state index in [9.17, 15) is 10.2 Å². The van der Waals surface area contributed by atoms with E-state index in [1.54, 1.807) is 0 Å². The number of aliphatic hydroxyl groups excluding tert-OH is 1. The number of ether oxygens (including phenoxy) is 1. The molecular formula is C26H26N4O3. The molecule has 1 aliphatic carbocycles. The number of benzene rings is 2. The highest BCUT2D eigenvalue weighted by Gasteiger charge is 2.43. The van der Waals surface area contributed by atoms with Crippen molar-refractivity contribution < 1.29 is 14.9 Å². The average molecular weight is 443 g/mol. The van der Waals surface area contributed by atoms with Crippen LogP contribution in [0.1, 0.15) is 42.5 Å². The van der Waals surface area contributed by atoms with Gasteiger partial charge in [-0.2, -0.15) is 0 Å². The van der Waals surface area contributed by atoms with Crippen LogP contribution in [0.2, 0.25) is 0 Å². The third-order valence-electron chi connectivity index (χ3n) is 7.05. The van der Waals surface area contributed by atoms with E-state index in [2.05, 4.69) is 44.9 Å². The number of aromatic nitrogens is 3. The second kappa shape index (κ2) is 7.57. The first-order valence-electron chi connectivity index (χ1n) is 11.3. The molecule has 33 heavy (non-hydrogen) atoms. The molecule has 2 aromatic carbocycles. The molecule has 4 aromatic rings. The van der Waals surface area contributed by atoms with Crippen molar-refractivity contribution >= 4 is 16.9 Å². The fourth-order valence-electron chi connectivity index (χ4n) is 5.19. The van der Waals surface area contributed by atoms with Gasteiger partial charge in [0, 0.05) is 17.8 Å². The van der Waals surface area contributed by atoms with Gasteiger partial charge in [0.05, 0.1) is 17.6 Å². The molecule has 2 aliphatic rings. The molecule has 7 heteroatoms. The highest BCUT2D eigenvalue weighted by molar-refractivity contribution is 6.00. The van der Waals surface area contributed by atoms with Crippen LogP contribution in [0.3, 0.4) is 0 Å². The Labute approximate surface area is 191 Å². The van der Waals surface area contributed by atoms with Gasteiger partial charge in [-0.25, -0.2) is 9.97 Å². The number of nitrogens with two attached hydrogens (primary N) is 1. The monoisotopic (exact) mass is 442 g/mol. The zero-order valence-corrected chi connectivity index (χ0v) is 18.2. The zero-order chi connectivity index (χ0) is 22.6. The number of rotatable bonds is 4. The van der Waals surface area contributed by atoms with Gasteiger partial charge in [0.1, 0.15) is 29.6 Å². The molecule has 0 saturated heterocycles. The molecule has 0 radical (unpaired) electrons. The van der Waals surface area contributed by atoms with Crippen LogP contribution in [0.15, 0.2) is 61.1 Å². The van der Waals surface area contributed by atoms with E-state index in [1.165, 1.54) is 17.5 Å². The maximum Gasteiger partial charge on any atom is 0.146 e. The quantitative estimate of drug-likeness (QED) is 0.444. The molecule has 1 atom stereocenters. The Morgan fingerprint density at radius 2 is 1.94 bits per heavy atom. The highest BCUT2D eigenvalue weighted by Crippen LogP contribution is 2.45. The van der Waals surface area contributed by atoms with E-state index < -0.39 is 5.60 Å². The summed E-state index contributed by atoms with van der Waals surface area (Å²) in [5, 5.41) is 20.6. The number of hydrogen-bond acceptors (Lipinski definition) is 6. The van der Waals surface area contributed by atoms with Crippen molar-refractivity contribution in [2.45, 2.75) is 43.4 Å². The lowest BCUT2D eigenvalue weighted by atomic mass is 9.76. The molecule has 0 spiro atoms. The maximum atomic E-state index is 10.3. The lowest BCUT2D eigenvalue weighted by Crippen LogP contribution is -2.47. The molecule has 1 aliphatic heterocycles. The van der Waals surface area contributed by atoms with Crippen LogP contribution in [0.25, 0.3) is 22.2 Å². The number of hydrogen-bond donors (Lipinski definition) is 3. The molecule has 1 saturated carbocycles. The molecular weight excluding hydrogens is 416 g/mol. The minimum Gasteiger partial charge on any atom is -0.485 e. The number of aryl methyl sites for hydroxylation is 1. The van der Waals surface area contributed by atoms with Crippen molar-refractivity contribution in [3.63, 3.8) is 0 Å². The van der Waals surface area contributed by atoms with Crippen molar-refractivity contribution in [3.05, 3.63) is 72.2 Å². The Balaban J connectivity index is 1.40. The number of nitrogen functional groups attached to an aromatic ring is 1. The summed E-state index contributed by atoms with van der Waals surface area (Å²) in [5.41, 5.74) is 10.3. The van der Waals surface area contributed by atoms with Crippen molar-refractivity contribution in [1.82, 2.24) is 14.5 Å². The summed E-state index contributed by atoms with van der Waals surface area (Å²) in [7, 11) is 0. The first kappa shape index (κ1) is 20.2. The molecule has 0 unspecified atom stereocenters. The van der Waals surface area contributed by atoms with Crippen molar-refractivity contribution in [3.8, 4) is 16.9 Å². The van der Waals surface area contributed by atoms with E-state index in [0.29, 0.717) is 18.7 Å². The van der Waals surface area contributed by atoms with Crippen LogP contribution in [0.5, 0.6) is 5.75 Å². The zero-order valence-electron chi connectivity index (χ0n) is 18.2. The number of fused-ring (bicyclic) bond motifs is 2. The molecule has 0 amide bonds. The summed E-state index contributed by atoms with van der Waals surface area (Å²) in [6.45, 7) is -0.239. The van der Waals surface area contributed by atoms with Gasteiger partial charge >= 0.3 is 0 Å². The normalized spacial score (nSPS) is 24.2. The molecule has 7 nitrogen and oxygen atoms in total. The molecule has 6 rings (SSSR count).